The molecule has 0 aliphatic heterocycles. The van der Waals surface area contributed by atoms with E-state index in [1.807, 2.05) is 0 Å². The summed E-state index contributed by atoms with van der Waals surface area (Å²) in [6.07, 6.45) is -0.961. The van der Waals surface area contributed by atoms with Crippen molar-refractivity contribution in [1.82, 2.24) is 10.6 Å². The highest BCUT2D eigenvalue weighted by Gasteiger charge is 2.29. The van der Waals surface area contributed by atoms with Crippen molar-refractivity contribution in [3.05, 3.63) is 22.8 Å². The molecule has 0 radical (unpaired) electrons. The molecule has 1 aromatic carbocycles. The number of hydrogen-bond acceptors (Lipinski definition) is 12. The first-order chi connectivity index (χ1) is 18.5. The summed E-state index contributed by atoms with van der Waals surface area (Å²) in [5, 5.41) is 24.0. The number of amides is 2. The Hall–Kier alpha value is -3.85. The number of carbonyl (C=O) groups is 6. The van der Waals surface area contributed by atoms with E-state index in [-0.39, 0.29) is 39.7 Å². The predicted molar refractivity (Wildman–Crippen MR) is 141 cm³/mol. The molecule has 0 aliphatic carbocycles. The van der Waals surface area contributed by atoms with Gasteiger partial charge in [-0.1, -0.05) is 0 Å². The Morgan fingerprint density at radius 2 is 1.55 bits per heavy atom. The van der Waals surface area contributed by atoms with Crippen LogP contribution >= 0.6 is 11.8 Å². The Bertz CT molecular complexity index is 1150. The van der Waals surface area contributed by atoms with Gasteiger partial charge in [-0.3, -0.25) is 14.4 Å². The lowest BCUT2D eigenvalue weighted by Crippen LogP contribution is -2.54. The van der Waals surface area contributed by atoms with Gasteiger partial charge in [-0.15, -0.1) is 0 Å². The number of ether oxygens (including phenoxy) is 4. The fraction of sp³-hybridized carbons (Fsp3) is 0.520. The molecule has 0 unspecified atom stereocenters. The third kappa shape index (κ3) is 10.7. The van der Waals surface area contributed by atoms with Crippen molar-refractivity contribution in [2.45, 2.75) is 65.0 Å². The van der Waals surface area contributed by atoms with E-state index in [9.17, 15) is 39.0 Å². The zero-order valence-electron chi connectivity index (χ0n) is 23.2. The van der Waals surface area contributed by atoms with Crippen LogP contribution < -0.4 is 20.1 Å². The van der Waals surface area contributed by atoms with Crippen molar-refractivity contribution in [3.8, 4) is 11.5 Å². The number of benzene rings is 1. The predicted octanol–water partition coefficient (Wildman–Crippen LogP) is 1.32. The molecule has 40 heavy (non-hydrogen) atoms. The molecule has 0 spiro atoms. The number of aliphatic hydroxyl groups is 1. The van der Waals surface area contributed by atoms with E-state index in [4.69, 9.17) is 18.9 Å². The van der Waals surface area contributed by atoms with Crippen molar-refractivity contribution in [1.29, 1.82) is 0 Å². The number of rotatable bonds is 12. The number of carboxylic acid groups (broad SMARTS) is 1. The summed E-state index contributed by atoms with van der Waals surface area (Å²) in [7, 11) is 1.09. The molecule has 0 aromatic heterocycles. The number of carboxylic acids is 1. The van der Waals surface area contributed by atoms with Gasteiger partial charge in [-0.2, -0.15) is 11.8 Å². The molecule has 222 valence electrons. The minimum absolute atomic E-state index is 0.0656. The van der Waals surface area contributed by atoms with Gasteiger partial charge in [0.05, 0.1) is 19.3 Å². The number of esters is 3. The molecule has 1 rings (SSSR count). The molecule has 14 nitrogen and oxygen atoms in total. The fourth-order valence-electron chi connectivity index (χ4n) is 3.23. The molecule has 0 heterocycles. The van der Waals surface area contributed by atoms with Crippen molar-refractivity contribution in [2.75, 3.05) is 19.5 Å². The fourth-order valence-corrected chi connectivity index (χ4v) is 4.30. The second-order valence-corrected chi connectivity index (χ2v) is 10.4. The number of alkyl carbamates (subject to hydrolysis) is 1. The van der Waals surface area contributed by atoms with Crippen LogP contribution in [0.3, 0.4) is 0 Å². The molecular weight excluding hydrogens is 552 g/mol. The minimum atomic E-state index is -1.45. The van der Waals surface area contributed by atoms with Crippen LogP contribution in [-0.4, -0.2) is 83.2 Å². The largest absolute Gasteiger partial charge is 0.478 e. The third-order valence-electron chi connectivity index (χ3n) is 4.85. The number of aliphatic hydroxyl groups excluding tert-OH is 1. The SMILES string of the molecule is COC(=O)[C@@H](CSCc1c(OC(C)=O)cc(OC(C)=O)c(C)c1C(=O)O)NC(=O)[C@H](CO)NC(=O)OC(C)(C)C. The smallest absolute Gasteiger partial charge is 0.408 e. The van der Waals surface area contributed by atoms with Crippen molar-refractivity contribution < 1.29 is 57.9 Å². The molecule has 0 bridgehead atoms. The molecule has 2 atom stereocenters. The van der Waals surface area contributed by atoms with Gasteiger partial charge in [0.2, 0.25) is 5.91 Å². The molecule has 0 saturated carbocycles. The van der Waals surface area contributed by atoms with Gasteiger partial charge in [0.15, 0.2) is 0 Å². The van der Waals surface area contributed by atoms with E-state index >= 15 is 0 Å². The van der Waals surface area contributed by atoms with Crippen LogP contribution in [0, 0.1) is 6.92 Å². The van der Waals surface area contributed by atoms with Crippen LogP contribution in [0.15, 0.2) is 6.07 Å². The summed E-state index contributed by atoms with van der Waals surface area (Å²) < 4.78 is 20.0. The van der Waals surface area contributed by atoms with Gasteiger partial charge in [-0.25, -0.2) is 14.4 Å². The standard InChI is InChI=1S/C25H34N2O12S/c1-12-18(37-13(2)29)8-19(38-14(3)30)15(20(12)22(32)33)10-40-11-17(23(34)36-7)26-21(31)16(9-28)27-24(35)39-25(4,5)6/h8,16-17,28H,9-11H2,1-7H3,(H,26,31)(H,27,35)(H,32,33)/t16-,17+/m0/s1. The van der Waals surface area contributed by atoms with Gasteiger partial charge in [0, 0.05) is 42.5 Å². The van der Waals surface area contributed by atoms with E-state index in [2.05, 4.69) is 10.6 Å². The molecule has 0 aliphatic rings. The zero-order chi connectivity index (χ0) is 30.8. The first-order valence-corrected chi connectivity index (χ1v) is 13.0. The lowest BCUT2D eigenvalue weighted by atomic mass is 10.0. The molecule has 0 saturated heterocycles. The average Bonchev–Trinajstić information content (AvgIpc) is 2.81. The van der Waals surface area contributed by atoms with Gasteiger partial charge >= 0.3 is 30.0 Å². The van der Waals surface area contributed by atoms with Gasteiger partial charge in [0.1, 0.15) is 29.2 Å². The number of nitrogens with one attached hydrogen (secondary N) is 2. The normalized spacial score (nSPS) is 12.4. The summed E-state index contributed by atoms with van der Waals surface area (Å²) >= 11 is 0.990. The monoisotopic (exact) mass is 586 g/mol. The Morgan fingerprint density at radius 1 is 0.975 bits per heavy atom. The topological polar surface area (TPSA) is 204 Å². The maximum absolute atomic E-state index is 12.7. The van der Waals surface area contributed by atoms with E-state index in [1.54, 1.807) is 20.8 Å². The molecule has 4 N–H and O–H groups in total. The maximum Gasteiger partial charge on any atom is 0.408 e. The highest BCUT2D eigenvalue weighted by molar-refractivity contribution is 7.98. The highest BCUT2D eigenvalue weighted by Crippen LogP contribution is 2.36. The van der Waals surface area contributed by atoms with Crippen LogP contribution in [0.2, 0.25) is 0 Å². The Labute approximate surface area is 235 Å². The van der Waals surface area contributed by atoms with Crippen molar-refractivity contribution in [2.24, 2.45) is 0 Å². The summed E-state index contributed by atoms with van der Waals surface area (Å²) in [4.78, 5) is 72.3. The summed E-state index contributed by atoms with van der Waals surface area (Å²) in [5.41, 5.74) is -0.967. The maximum atomic E-state index is 12.7. The number of hydrogen-bond donors (Lipinski definition) is 4. The zero-order valence-corrected chi connectivity index (χ0v) is 24.1. The molecule has 2 amide bonds. The van der Waals surface area contributed by atoms with E-state index in [0.29, 0.717) is 0 Å². The van der Waals surface area contributed by atoms with Gasteiger partial charge < -0.3 is 39.8 Å². The summed E-state index contributed by atoms with van der Waals surface area (Å²) in [6, 6.07) is -1.50. The van der Waals surface area contributed by atoms with Crippen molar-refractivity contribution >= 4 is 47.6 Å². The van der Waals surface area contributed by atoms with E-state index in [0.717, 1.165) is 32.7 Å². The second-order valence-electron chi connectivity index (χ2n) is 9.32. The molecule has 15 heteroatoms. The number of methoxy groups -OCH3 is 1. The quantitative estimate of drug-likeness (QED) is 0.202. The molecular formula is C25H34N2O12S. The van der Waals surface area contributed by atoms with Crippen LogP contribution in [0.25, 0.3) is 0 Å². The van der Waals surface area contributed by atoms with Crippen molar-refractivity contribution in [3.63, 3.8) is 0 Å². The summed E-state index contributed by atoms with van der Waals surface area (Å²) in [6.45, 7) is 7.68. The first kappa shape index (κ1) is 34.2. The molecule has 0 fully saturated rings. The second kappa shape index (κ2) is 15.1. The van der Waals surface area contributed by atoms with Crippen LogP contribution in [0.5, 0.6) is 11.5 Å². The van der Waals surface area contributed by atoms with Crippen LogP contribution in [0.1, 0.15) is 56.1 Å². The van der Waals surface area contributed by atoms with Crippen LogP contribution in [0.4, 0.5) is 4.79 Å². The Morgan fingerprint density at radius 3 is 2.02 bits per heavy atom. The molecule has 1 aromatic rings. The first-order valence-electron chi connectivity index (χ1n) is 11.8. The lowest BCUT2D eigenvalue weighted by molar-refractivity contribution is -0.144. The highest BCUT2D eigenvalue weighted by atomic mass is 32.2. The van der Waals surface area contributed by atoms with Gasteiger partial charge in [-0.05, 0) is 27.7 Å². The van der Waals surface area contributed by atoms with E-state index < -0.39 is 60.2 Å². The number of aromatic carboxylic acids is 1. The van der Waals surface area contributed by atoms with E-state index in [1.165, 1.54) is 13.0 Å². The minimum Gasteiger partial charge on any atom is -0.478 e. The Kier molecular flexibility index (Phi) is 12.9. The lowest BCUT2D eigenvalue weighted by Gasteiger charge is -2.24. The number of thioether (sulfide) groups is 1. The Balaban J connectivity index is 3.19. The average molecular weight is 587 g/mol. The number of carbonyl (C=O) groups excluding carboxylic acids is 5. The summed E-state index contributed by atoms with van der Waals surface area (Å²) in [5.74, 6) is -5.15. The third-order valence-corrected chi connectivity index (χ3v) is 5.91. The van der Waals surface area contributed by atoms with Crippen LogP contribution in [-0.2, 0) is 34.4 Å². The van der Waals surface area contributed by atoms with Gasteiger partial charge in [0.25, 0.3) is 0 Å².